The fourth-order valence-electron chi connectivity index (χ4n) is 2.36. The lowest BCUT2D eigenvalue weighted by molar-refractivity contribution is -0.155. The molecular formula is C13H17ClF3N3O. The van der Waals surface area contributed by atoms with Gasteiger partial charge in [0, 0.05) is 43.9 Å². The molecule has 0 spiro atoms. The van der Waals surface area contributed by atoms with Crippen molar-refractivity contribution < 1.29 is 18.3 Å². The number of aliphatic hydroxyl groups is 1. The Kier molecular flexibility index (Phi) is 5.29. The van der Waals surface area contributed by atoms with E-state index in [1.807, 2.05) is 9.80 Å². The van der Waals surface area contributed by atoms with E-state index < -0.39 is 18.7 Å². The number of hydrogen-bond acceptors (Lipinski definition) is 4. The number of alkyl halides is 3. The van der Waals surface area contributed by atoms with E-state index in [0.29, 0.717) is 31.2 Å². The summed E-state index contributed by atoms with van der Waals surface area (Å²) in [6, 6.07) is 3.45. The second-order valence-corrected chi connectivity index (χ2v) is 5.53. The van der Waals surface area contributed by atoms with Gasteiger partial charge in [-0.2, -0.15) is 13.2 Å². The first-order chi connectivity index (χ1) is 9.83. The number of halogens is 4. The summed E-state index contributed by atoms with van der Waals surface area (Å²) in [4.78, 5) is 8.08. The van der Waals surface area contributed by atoms with Crippen molar-refractivity contribution >= 4 is 17.4 Å². The summed E-state index contributed by atoms with van der Waals surface area (Å²) in [5.74, 6) is 0.762. The third-order valence-electron chi connectivity index (χ3n) is 3.34. The van der Waals surface area contributed by atoms with E-state index in [9.17, 15) is 18.3 Å². The van der Waals surface area contributed by atoms with Crippen molar-refractivity contribution in [1.29, 1.82) is 0 Å². The Balaban J connectivity index is 1.81. The lowest BCUT2D eigenvalue weighted by Gasteiger charge is -2.36. The predicted octanol–water partition coefficient (Wildman–Crippen LogP) is 2.17. The number of aliphatic hydroxyl groups excluding tert-OH is 1. The van der Waals surface area contributed by atoms with Gasteiger partial charge in [-0.25, -0.2) is 4.98 Å². The average Bonchev–Trinajstić information content (AvgIpc) is 2.37. The first-order valence-electron chi connectivity index (χ1n) is 6.67. The Morgan fingerprint density at radius 1 is 1.29 bits per heavy atom. The maximum absolute atomic E-state index is 12.2. The Morgan fingerprint density at radius 2 is 1.95 bits per heavy atom. The molecule has 0 saturated carbocycles. The molecule has 1 saturated heterocycles. The minimum Gasteiger partial charge on any atom is -0.391 e. The van der Waals surface area contributed by atoms with E-state index >= 15 is 0 Å². The first-order valence-corrected chi connectivity index (χ1v) is 7.05. The number of anilines is 1. The van der Waals surface area contributed by atoms with E-state index in [1.54, 1.807) is 18.3 Å². The number of piperazine rings is 1. The highest BCUT2D eigenvalue weighted by atomic mass is 35.5. The van der Waals surface area contributed by atoms with Crippen molar-refractivity contribution in [2.75, 3.05) is 37.6 Å². The molecule has 1 fully saturated rings. The standard InChI is InChI=1S/C13H17ClF3N3O/c14-10-1-2-18-12(7-10)20-5-3-19(4-6-20)9-11(21)8-13(15,16)17/h1-2,7,11,21H,3-6,8-9H2. The van der Waals surface area contributed by atoms with Gasteiger partial charge in [-0.15, -0.1) is 0 Å². The number of nitrogens with zero attached hydrogens (tertiary/aromatic N) is 3. The Labute approximate surface area is 126 Å². The molecule has 4 nitrogen and oxygen atoms in total. The molecule has 8 heteroatoms. The van der Waals surface area contributed by atoms with E-state index in [-0.39, 0.29) is 6.54 Å². The van der Waals surface area contributed by atoms with Crippen LogP contribution in [-0.2, 0) is 0 Å². The van der Waals surface area contributed by atoms with Crippen molar-refractivity contribution in [1.82, 2.24) is 9.88 Å². The summed E-state index contributed by atoms with van der Waals surface area (Å²) in [5, 5.41) is 10.1. The molecule has 0 bridgehead atoms. The Bertz CT molecular complexity index is 464. The highest BCUT2D eigenvalue weighted by molar-refractivity contribution is 6.30. The van der Waals surface area contributed by atoms with Gasteiger partial charge in [0.2, 0.25) is 0 Å². The maximum Gasteiger partial charge on any atom is 0.391 e. The number of β-amino-alcohol motifs (C(OH)–C–C–N with tert-alkyl or cyclic N) is 1. The van der Waals surface area contributed by atoms with Crippen LogP contribution < -0.4 is 4.90 Å². The van der Waals surface area contributed by atoms with Gasteiger partial charge in [0.25, 0.3) is 0 Å². The van der Waals surface area contributed by atoms with Gasteiger partial charge < -0.3 is 10.0 Å². The average molecular weight is 324 g/mol. The molecule has 21 heavy (non-hydrogen) atoms. The SMILES string of the molecule is OC(CN1CCN(c2cc(Cl)ccn2)CC1)CC(F)(F)F. The van der Waals surface area contributed by atoms with Gasteiger partial charge in [0.05, 0.1) is 12.5 Å². The molecule has 118 valence electrons. The summed E-state index contributed by atoms with van der Waals surface area (Å²) in [5.41, 5.74) is 0. The van der Waals surface area contributed by atoms with Crippen molar-refractivity contribution in [3.8, 4) is 0 Å². The van der Waals surface area contributed by atoms with Crippen molar-refractivity contribution in [2.24, 2.45) is 0 Å². The zero-order valence-electron chi connectivity index (χ0n) is 11.4. The minimum atomic E-state index is -4.33. The van der Waals surface area contributed by atoms with Crippen LogP contribution in [0.1, 0.15) is 6.42 Å². The topological polar surface area (TPSA) is 39.6 Å². The van der Waals surface area contributed by atoms with Gasteiger partial charge >= 0.3 is 6.18 Å². The summed E-state index contributed by atoms with van der Waals surface area (Å²) < 4.78 is 36.5. The van der Waals surface area contributed by atoms with Crippen LogP contribution in [0.2, 0.25) is 5.02 Å². The fraction of sp³-hybridized carbons (Fsp3) is 0.615. The third-order valence-corrected chi connectivity index (χ3v) is 3.57. The van der Waals surface area contributed by atoms with Gasteiger partial charge in [-0.05, 0) is 12.1 Å². The predicted molar refractivity (Wildman–Crippen MR) is 74.6 cm³/mol. The maximum atomic E-state index is 12.2. The molecule has 1 atom stereocenters. The second-order valence-electron chi connectivity index (χ2n) is 5.09. The molecule has 0 amide bonds. The van der Waals surface area contributed by atoms with E-state index in [4.69, 9.17) is 11.6 Å². The van der Waals surface area contributed by atoms with Crippen LogP contribution in [0.15, 0.2) is 18.3 Å². The molecule has 0 aliphatic carbocycles. The molecule has 2 rings (SSSR count). The molecule has 1 N–H and O–H groups in total. The highest BCUT2D eigenvalue weighted by Crippen LogP contribution is 2.22. The van der Waals surface area contributed by atoms with Crippen LogP contribution in [-0.4, -0.2) is 60.0 Å². The summed E-state index contributed by atoms with van der Waals surface area (Å²) >= 11 is 5.91. The van der Waals surface area contributed by atoms with E-state index in [2.05, 4.69) is 4.98 Å². The Hall–Kier alpha value is -1.05. The molecule has 1 aliphatic heterocycles. The summed E-state index contributed by atoms with van der Waals surface area (Å²) in [7, 11) is 0. The number of rotatable bonds is 4. The van der Waals surface area contributed by atoms with Crippen LogP contribution in [0, 0.1) is 0 Å². The van der Waals surface area contributed by atoms with Crippen LogP contribution in [0.5, 0.6) is 0 Å². The normalized spacial score (nSPS) is 18.8. The quantitative estimate of drug-likeness (QED) is 0.922. The fourth-order valence-corrected chi connectivity index (χ4v) is 2.51. The Morgan fingerprint density at radius 3 is 2.52 bits per heavy atom. The van der Waals surface area contributed by atoms with Gasteiger partial charge in [0.15, 0.2) is 0 Å². The third kappa shape index (κ3) is 5.33. The molecule has 1 aliphatic rings. The second kappa shape index (κ2) is 6.81. The molecule has 2 heterocycles. The van der Waals surface area contributed by atoms with E-state index in [0.717, 1.165) is 5.82 Å². The lowest BCUT2D eigenvalue weighted by atomic mass is 10.2. The van der Waals surface area contributed by atoms with Crippen LogP contribution >= 0.6 is 11.6 Å². The number of pyridine rings is 1. The van der Waals surface area contributed by atoms with E-state index in [1.165, 1.54) is 0 Å². The molecule has 0 aromatic carbocycles. The summed E-state index contributed by atoms with van der Waals surface area (Å²) in [6.45, 7) is 2.50. The highest BCUT2D eigenvalue weighted by Gasteiger charge is 2.32. The summed E-state index contributed by atoms with van der Waals surface area (Å²) in [6.07, 6.45) is -5.24. The molecule has 0 radical (unpaired) electrons. The van der Waals surface area contributed by atoms with Crippen LogP contribution in [0.4, 0.5) is 19.0 Å². The van der Waals surface area contributed by atoms with Crippen molar-refractivity contribution in [2.45, 2.75) is 18.7 Å². The smallest absolute Gasteiger partial charge is 0.391 e. The largest absolute Gasteiger partial charge is 0.391 e. The van der Waals surface area contributed by atoms with Gasteiger partial charge in [-0.1, -0.05) is 11.6 Å². The minimum absolute atomic E-state index is 0.0380. The zero-order valence-corrected chi connectivity index (χ0v) is 12.1. The molecular weight excluding hydrogens is 307 g/mol. The molecule has 1 aromatic heterocycles. The van der Waals surface area contributed by atoms with Gasteiger partial charge in [0.1, 0.15) is 5.82 Å². The van der Waals surface area contributed by atoms with Gasteiger partial charge in [-0.3, -0.25) is 4.90 Å². The molecule has 1 aromatic rings. The van der Waals surface area contributed by atoms with Crippen LogP contribution in [0.3, 0.4) is 0 Å². The zero-order chi connectivity index (χ0) is 15.5. The number of hydrogen-bond donors (Lipinski definition) is 1. The lowest BCUT2D eigenvalue weighted by Crippen LogP contribution is -2.49. The van der Waals surface area contributed by atoms with Crippen molar-refractivity contribution in [3.05, 3.63) is 23.4 Å². The molecule has 1 unspecified atom stereocenters. The number of aromatic nitrogens is 1. The van der Waals surface area contributed by atoms with Crippen molar-refractivity contribution in [3.63, 3.8) is 0 Å². The van der Waals surface area contributed by atoms with Crippen LogP contribution in [0.25, 0.3) is 0 Å². The first kappa shape index (κ1) is 16.3. The monoisotopic (exact) mass is 323 g/mol.